The fourth-order valence-corrected chi connectivity index (χ4v) is 2.93. The van der Waals surface area contributed by atoms with Crippen LogP contribution in [0.3, 0.4) is 0 Å². The van der Waals surface area contributed by atoms with E-state index in [1.807, 2.05) is 0 Å². The topological polar surface area (TPSA) is 68.0 Å². The molecular formula is C14H20BrN3O. The van der Waals surface area contributed by atoms with Crippen molar-refractivity contribution in [2.75, 3.05) is 12.3 Å². The number of aromatic nitrogens is 1. The number of pyridine rings is 1. The van der Waals surface area contributed by atoms with Crippen molar-refractivity contribution < 1.29 is 4.79 Å². The van der Waals surface area contributed by atoms with Crippen molar-refractivity contribution in [3.63, 3.8) is 0 Å². The van der Waals surface area contributed by atoms with Gasteiger partial charge < -0.3 is 11.1 Å². The van der Waals surface area contributed by atoms with Crippen molar-refractivity contribution in [1.82, 2.24) is 10.3 Å². The zero-order valence-electron chi connectivity index (χ0n) is 11.2. The van der Waals surface area contributed by atoms with E-state index in [-0.39, 0.29) is 17.1 Å². The molecule has 0 atom stereocenters. The highest BCUT2D eigenvalue weighted by Gasteiger charge is 2.27. The molecule has 2 rings (SSSR count). The van der Waals surface area contributed by atoms with Gasteiger partial charge in [-0.25, -0.2) is 4.98 Å². The van der Waals surface area contributed by atoms with Gasteiger partial charge >= 0.3 is 0 Å². The zero-order chi connectivity index (χ0) is 13.9. The smallest absolute Gasteiger partial charge is 0.255 e. The van der Waals surface area contributed by atoms with E-state index < -0.39 is 0 Å². The number of halogens is 1. The van der Waals surface area contributed by atoms with Crippen LogP contribution < -0.4 is 11.1 Å². The highest BCUT2D eigenvalue weighted by atomic mass is 79.9. The molecule has 1 aromatic heterocycles. The predicted octanol–water partition coefficient (Wildman–Crippen LogP) is 3.13. The predicted molar refractivity (Wildman–Crippen MR) is 79.9 cm³/mol. The molecule has 19 heavy (non-hydrogen) atoms. The minimum absolute atomic E-state index is 0.141. The Bertz CT molecular complexity index is 470. The lowest BCUT2D eigenvalue weighted by Crippen LogP contribution is -2.37. The maximum Gasteiger partial charge on any atom is 0.255 e. The van der Waals surface area contributed by atoms with Gasteiger partial charge in [0.05, 0.1) is 5.56 Å². The van der Waals surface area contributed by atoms with Gasteiger partial charge in [-0.3, -0.25) is 4.79 Å². The summed E-state index contributed by atoms with van der Waals surface area (Å²) < 4.78 is 0.760. The first-order valence-electron chi connectivity index (χ1n) is 6.69. The van der Waals surface area contributed by atoms with E-state index in [9.17, 15) is 4.79 Å². The number of nitrogen functional groups attached to an aromatic ring is 1. The Morgan fingerprint density at radius 3 is 2.84 bits per heavy atom. The molecule has 0 unspecified atom stereocenters. The van der Waals surface area contributed by atoms with Crippen LogP contribution in [0.25, 0.3) is 0 Å². The van der Waals surface area contributed by atoms with E-state index in [1.165, 1.54) is 32.1 Å². The lowest BCUT2D eigenvalue weighted by molar-refractivity contribution is 0.0919. The van der Waals surface area contributed by atoms with Crippen molar-refractivity contribution >= 4 is 27.7 Å². The van der Waals surface area contributed by atoms with E-state index >= 15 is 0 Å². The zero-order valence-corrected chi connectivity index (χ0v) is 12.8. The second kappa shape index (κ2) is 5.90. The van der Waals surface area contributed by atoms with Crippen LogP contribution in [-0.4, -0.2) is 17.4 Å². The van der Waals surface area contributed by atoms with Gasteiger partial charge in [0.15, 0.2) is 0 Å². The van der Waals surface area contributed by atoms with Gasteiger partial charge in [0.2, 0.25) is 0 Å². The number of nitrogens with one attached hydrogen (secondary N) is 1. The fraction of sp³-hybridized carbons (Fsp3) is 0.571. The summed E-state index contributed by atoms with van der Waals surface area (Å²) in [7, 11) is 0. The molecule has 0 bridgehead atoms. The third kappa shape index (κ3) is 3.69. The number of carbonyl (C=O) groups excluding carboxylic acids is 1. The van der Waals surface area contributed by atoms with E-state index in [0.29, 0.717) is 12.1 Å². The third-order valence-corrected chi connectivity index (χ3v) is 4.30. The maximum atomic E-state index is 12.2. The molecule has 1 amide bonds. The number of nitrogens with two attached hydrogens (primary N) is 1. The Balaban J connectivity index is 1.99. The standard InChI is InChI=1S/C14H20BrN3O/c1-14(5-3-2-4-6-14)9-18-13(19)11-7-10(15)8-17-12(11)16/h7-8H,2-6,9H2,1H3,(H2,16,17)(H,18,19). The molecule has 1 heterocycles. The summed E-state index contributed by atoms with van der Waals surface area (Å²) >= 11 is 3.30. The number of hydrogen-bond donors (Lipinski definition) is 2. The van der Waals surface area contributed by atoms with E-state index in [1.54, 1.807) is 12.3 Å². The van der Waals surface area contributed by atoms with Crippen LogP contribution in [0.4, 0.5) is 5.82 Å². The SMILES string of the molecule is CC1(CNC(=O)c2cc(Br)cnc2N)CCCCC1. The Hall–Kier alpha value is -1.10. The lowest BCUT2D eigenvalue weighted by atomic mass is 9.76. The van der Waals surface area contributed by atoms with Gasteiger partial charge in [-0.1, -0.05) is 26.2 Å². The molecule has 1 aromatic rings. The fourth-order valence-electron chi connectivity index (χ4n) is 2.60. The third-order valence-electron chi connectivity index (χ3n) is 3.87. The molecule has 1 aliphatic rings. The second-order valence-corrected chi connectivity index (χ2v) is 6.56. The molecule has 0 aromatic carbocycles. The molecule has 1 fully saturated rings. The number of rotatable bonds is 3. The number of hydrogen-bond acceptors (Lipinski definition) is 3. The van der Waals surface area contributed by atoms with E-state index in [4.69, 9.17) is 5.73 Å². The average molecular weight is 326 g/mol. The van der Waals surface area contributed by atoms with Crippen molar-refractivity contribution in [3.8, 4) is 0 Å². The minimum atomic E-state index is -0.141. The first kappa shape index (κ1) is 14.3. The minimum Gasteiger partial charge on any atom is -0.383 e. The van der Waals surface area contributed by atoms with Gasteiger partial charge in [-0.15, -0.1) is 0 Å². The number of anilines is 1. The van der Waals surface area contributed by atoms with Gasteiger partial charge in [-0.2, -0.15) is 0 Å². The molecule has 0 radical (unpaired) electrons. The molecule has 3 N–H and O–H groups in total. The highest BCUT2D eigenvalue weighted by Crippen LogP contribution is 2.35. The van der Waals surface area contributed by atoms with Crippen molar-refractivity contribution in [3.05, 3.63) is 22.3 Å². The lowest BCUT2D eigenvalue weighted by Gasteiger charge is -2.33. The van der Waals surface area contributed by atoms with E-state index in [2.05, 4.69) is 33.2 Å². The van der Waals surface area contributed by atoms with Crippen LogP contribution in [0.2, 0.25) is 0 Å². The molecule has 5 heteroatoms. The molecule has 0 spiro atoms. The first-order chi connectivity index (χ1) is 9.00. The average Bonchev–Trinajstić information content (AvgIpc) is 2.40. The normalized spacial score (nSPS) is 18.0. The molecule has 0 saturated heterocycles. The van der Waals surface area contributed by atoms with Gasteiger partial charge in [0, 0.05) is 17.2 Å². The summed E-state index contributed by atoms with van der Waals surface area (Å²) in [5, 5.41) is 3.00. The van der Waals surface area contributed by atoms with Crippen molar-refractivity contribution in [2.45, 2.75) is 39.0 Å². The second-order valence-electron chi connectivity index (χ2n) is 5.64. The Labute approximate surface area is 122 Å². The summed E-state index contributed by atoms with van der Waals surface area (Å²) in [6, 6.07) is 1.71. The van der Waals surface area contributed by atoms with Crippen molar-refractivity contribution in [2.24, 2.45) is 5.41 Å². The van der Waals surface area contributed by atoms with Gasteiger partial charge in [-0.05, 0) is 40.3 Å². The number of carbonyl (C=O) groups is 1. The molecule has 1 aliphatic carbocycles. The Morgan fingerprint density at radius 2 is 2.16 bits per heavy atom. The molecular weight excluding hydrogens is 306 g/mol. The molecule has 104 valence electrons. The monoisotopic (exact) mass is 325 g/mol. The van der Waals surface area contributed by atoms with Crippen LogP contribution in [0.5, 0.6) is 0 Å². The Morgan fingerprint density at radius 1 is 1.47 bits per heavy atom. The summed E-state index contributed by atoms with van der Waals surface area (Å²) in [5.74, 6) is 0.132. The summed E-state index contributed by atoms with van der Waals surface area (Å²) in [6.45, 7) is 2.95. The van der Waals surface area contributed by atoms with Crippen molar-refractivity contribution in [1.29, 1.82) is 0 Å². The van der Waals surface area contributed by atoms with Crippen LogP contribution >= 0.6 is 15.9 Å². The van der Waals surface area contributed by atoms with Crippen LogP contribution in [0, 0.1) is 5.41 Å². The van der Waals surface area contributed by atoms with Gasteiger partial charge in [0.25, 0.3) is 5.91 Å². The van der Waals surface area contributed by atoms with Gasteiger partial charge in [0.1, 0.15) is 5.82 Å². The summed E-state index contributed by atoms with van der Waals surface area (Å²) in [4.78, 5) is 16.1. The highest BCUT2D eigenvalue weighted by molar-refractivity contribution is 9.10. The quantitative estimate of drug-likeness (QED) is 0.897. The number of amides is 1. The van der Waals surface area contributed by atoms with Crippen LogP contribution in [0.15, 0.2) is 16.7 Å². The molecule has 4 nitrogen and oxygen atoms in total. The number of nitrogens with zero attached hydrogens (tertiary/aromatic N) is 1. The first-order valence-corrected chi connectivity index (χ1v) is 7.49. The summed E-state index contributed by atoms with van der Waals surface area (Å²) in [6.07, 6.45) is 7.78. The Kier molecular flexibility index (Phi) is 4.45. The van der Waals surface area contributed by atoms with Crippen LogP contribution in [0.1, 0.15) is 49.4 Å². The van der Waals surface area contributed by atoms with E-state index in [0.717, 1.165) is 4.47 Å². The van der Waals surface area contributed by atoms with Crippen LogP contribution in [-0.2, 0) is 0 Å². The largest absolute Gasteiger partial charge is 0.383 e. The molecule has 1 saturated carbocycles. The molecule has 0 aliphatic heterocycles. The maximum absolute atomic E-state index is 12.2. The summed E-state index contributed by atoms with van der Waals surface area (Å²) in [5.41, 5.74) is 6.40.